The monoisotopic (exact) mass is 243 g/mol. The fraction of sp³-hybridized carbons (Fsp3) is 0.833. The smallest absolute Gasteiger partial charge is 0.311 e. The number of hydrogen-bond acceptors (Lipinski definition) is 3. The number of ether oxygens (including phenoxy) is 1. The molecule has 0 aromatic heterocycles. The molecule has 1 fully saturated rings. The van der Waals surface area contributed by atoms with Crippen LogP contribution in [0.15, 0.2) is 0 Å². The van der Waals surface area contributed by atoms with E-state index in [2.05, 4.69) is 0 Å². The van der Waals surface area contributed by atoms with Crippen LogP contribution in [0.25, 0.3) is 0 Å². The Morgan fingerprint density at radius 2 is 2.06 bits per heavy atom. The van der Waals surface area contributed by atoms with Crippen molar-refractivity contribution in [1.82, 2.24) is 4.90 Å². The number of rotatable bonds is 4. The molecule has 1 aliphatic rings. The third-order valence-electron chi connectivity index (χ3n) is 3.47. The highest BCUT2D eigenvalue weighted by Gasteiger charge is 2.42. The van der Waals surface area contributed by atoms with Crippen molar-refractivity contribution in [2.45, 2.75) is 39.2 Å². The lowest BCUT2D eigenvalue weighted by atomic mass is 9.90. The Labute approximate surface area is 102 Å². The van der Waals surface area contributed by atoms with E-state index >= 15 is 0 Å². The lowest BCUT2D eigenvalue weighted by Gasteiger charge is -2.26. The molecule has 0 aliphatic carbocycles. The van der Waals surface area contributed by atoms with Gasteiger partial charge in [-0.3, -0.25) is 9.59 Å². The average Bonchev–Trinajstić information content (AvgIpc) is 2.62. The normalized spacial score (nSPS) is 25.1. The van der Waals surface area contributed by atoms with Gasteiger partial charge in [0.05, 0.1) is 17.4 Å². The summed E-state index contributed by atoms with van der Waals surface area (Å²) in [4.78, 5) is 24.7. The number of methoxy groups -OCH3 is 1. The maximum atomic E-state index is 12.0. The first-order valence-electron chi connectivity index (χ1n) is 5.76. The van der Waals surface area contributed by atoms with Gasteiger partial charge in [0, 0.05) is 20.2 Å². The van der Waals surface area contributed by atoms with Crippen LogP contribution < -0.4 is 0 Å². The second-order valence-corrected chi connectivity index (χ2v) is 5.57. The van der Waals surface area contributed by atoms with Gasteiger partial charge in [-0.2, -0.15) is 0 Å². The molecule has 1 unspecified atom stereocenters. The van der Waals surface area contributed by atoms with E-state index in [1.165, 1.54) is 0 Å². The van der Waals surface area contributed by atoms with Gasteiger partial charge < -0.3 is 14.7 Å². The summed E-state index contributed by atoms with van der Waals surface area (Å²) in [6.07, 6.45) is 0.792. The number of carbonyl (C=O) groups is 2. The number of carboxylic acids is 1. The molecule has 1 heterocycles. The van der Waals surface area contributed by atoms with Gasteiger partial charge >= 0.3 is 5.97 Å². The predicted molar refractivity (Wildman–Crippen MR) is 62.6 cm³/mol. The van der Waals surface area contributed by atoms with Crippen molar-refractivity contribution in [3.05, 3.63) is 0 Å². The summed E-state index contributed by atoms with van der Waals surface area (Å²) >= 11 is 0. The molecule has 0 aromatic rings. The number of carbonyl (C=O) groups excluding carboxylic acids is 1. The predicted octanol–water partition coefficient (Wildman–Crippen LogP) is 1.12. The van der Waals surface area contributed by atoms with E-state index in [1.807, 2.05) is 13.8 Å². The molecule has 0 saturated carbocycles. The Balaban J connectivity index is 2.60. The molecule has 0 bridgehead atoms. The fourth-order valence-corrected chi connectivity index (χ4v) is 1.90. The largest absolute Gasteiger partial charge is 0.481 e. The van der Waals surface area contributed by atoms with Crippen molar-refractivity contribution in [2.75, 3.05) is 20.2 Å². The molecule has 17 heavy (non-hydrogen) atoms. The summed E-state index contributed by atoms with van der Waals surface area (Å²) < 4.78 is 5.20. The molecule has 1 atom stereocenters. The summed E-state index contributed by atoms with van der Waals surface area (Å²) in [5.41, 5.74) is -1.30. The summed E-state index contributed by atoms with van der Waals surface area (Å²) in [5, 5.41) is 9.09. The first kappa shape index (κ1) is 14.0. The van der Waals surface area contributed by atoms with Crippen molar-refractivity contribution >= 4 is 11.9 Å². The molecule has 0 spiro atoms. The average molecular weight is 243 g/mol. The van der Waals surface area contributed by atoms with Crippen molar-refractivity contribution in [1.29, 1.82) is 0 Å². The Kier molecular flexibility index (Phi) is 3.81. The zero-order valence-corrected chi connectivity index (χ0v) is 10.9. The van der Waals surface area contributed by atoms with Gasteiger partial charge in [-0.25, -0.2) is 0 Å². The molecule has 0 aromatic carbocycles. The number of nitrogens with zero attached hydrogens (tertiary/aromatic N) is 1. The number of hydrogen-bond donors (Lipinski definition) is 1. The minimum Gasteiger partial charge on any atom is -0.481 e. The Hall–Kier alpha value is -1.10. The molecule has 98 valence electrons. The quantitative estimate of drug-likeness (QED) is 0.803. The molecule has 1 aliphatic heterocycles. The van der Waals surface area contributed by atoms with Crippen LogP contribution in [-0.4, -0.2) is 47.7 Å². The molecule has 1 N–H and O–H groups in total. The van der Waals surface area contributed by atoms with Crippen LogP contribution in [0.4, 0.5) is 0 Å². The molecular formula is C12H21NO4. The summed E-state index contributed by atoms with van der Waals surface area (Å²) in [5.74, 6) is -0.874. The van der Waals surface area contributed by atoms with Crippen molar-refractivity contribution < 1.29 is 19.4 Å². The number of amides is 1. The lowest BCUT2D eigenvalue weighted by molar-refractivity contribution is -0.147. The van der Waals surface area contributed by atoms with Gasteiger partial charge in [-0.15, -0.1) is 0 Å². The van der Waals surface area contributed by atoms with Crippen LogP contribution in [0.3, 0.4) is 0 Å². The third kappa shape index (κ3) is 3.19. The third-order valence-corrected chi connectivity index (χ3v) is 3.47. The maximum Gasteiger partial charge on any atom is 0.311 e. The van der Waals surface area contributed by atoms with Gasteiger partial charge in [0.2, 0.25) is 5.91 Å². The Bertz CT molecular complexity index is 326. The number of carboxylic acid groups (broad SMARTS) is 1. The zero-order chi connectivity index (χ0) is 13.3. The van der Waals surface area contributed by atoms with E-state index in [-0.39, 0.29) is 12.3 Å². The standard InChI is InChI=1S/C12H21NO4/c1-11(2,17-4)7-9(14)13-6-5-12(3,8-13)10(15)16/h5-8H2,1-4H3,(H,15,16). The van der Waals surface area contributed by atoms with Gasteiger partial charge in [-0.05, 0) is 27.2 Å². The van der Waals surface area contributed by atoms with Gasteiger partial charge in [0.1, 0.15) is 0 Å². The first-order valence-corrected chi connectivity index (χ1v) is 5.76. The van der Waals surface area contributed by atoms with E-state index in [0.29, 0.717) is 19.5 Å². The highest BCUT2D eigenvalue weighted by atomic mass is 16.5. The van der Waals surface area contributed by atoms with Gasteiger partial charge in [-0.1, -0.05) is 0 Å². The molecule has 1 saturated heterocycles. The van der Waals surface area contributed by atoms with Crippen molar-refractivity contribution in [3.8, 4) is 0 Å². The Morgan fingerprint density at radius 3 is 2.47 bits per heavy atom. The minimum absolute atomic E-state index is 0.0400. The Morgan fingerprint density at radius 1 is 1.47 bits per heavy atom. The molecule has 1 amide bonds. The van der Waals surface area contributed by atoms with Gasteiger partial charge in [0.25, 0.3) is 0 Å². The fourth-order valence-electron chi connectivity index (χ4n) is 1.90. The molecule has 5 nitrogen and oxygen atoms in total. The molecule has 1 rings (SSSR count). The van der Waals surface area contributed by atoms with Crippen LogP contribution >= 0.6 is 0 Å². The number of likely N-dealkylation sites (tertiary alicyclic amines) is 1. The van der Waals surface area contributed by atoms with Crippen LogP contribution in [0.2, 0.25) is 0 Å². The topological polar surface area (TPSA) is 66.8 Å². The lowest BCUT2D eigenvalue weighted by Crippen LogP contribution is -2.38. The summed E-state index contributed by atoms with van der Waals surface area (Å²) in [6.45, 7) is 6.18. The van der Waals surface area contributed by atoms with Crippen molar-refractivity contribution in [3.63, 3.8) is 0 Å². The second-order valence-electron chi connectivity index (χ2n) is 5.57. The zero-order valence-electron chi connectivity index (χ0n) is 10.9. The van der Waals surface area contributed by atoms with Crippen LogP contribution in [0, 0.1) is 5.41 Å². The number of aliphatic carboxylic acids is 1. The van der Waals surface area contributed by atoms with Crippen molar-refractivity contribution in [2.24, 2.45) is 5.41 Å². The highest BCUT2D eigenvalue weighted by molar-refractivity contribution is 5.81. The van der Waals surface area contributed by atoms with Crippen LogP contribution in [0.1, 0.15) is 33.6 Å². The van der Waals surface area contributed by atoms with Crippen LogP contribution in [0.5, 0.6) is 0 Å². The summed E-state index contributed by atoms with van der Waals surface area (Å²) in [6, 6.07) is 0. The first-order chi connectivity index (χ1) is 7.70. The maximum absolute atomic E-state index is 12.0. The highest BCUT2D eigenvalue weighted by Crippen LogP contribution is 2.31. The van der Waals surface area contributed by atoms with E-state index in [1.54, 1.807) is 18.9 Å². The van der Waals surface area contributed by atoms with Gasteiger partial charge in [0.15, 0.2) is 0 Å². The van der Waals surface area contributed by atoms with E-state index in [9.17, 15) is 9.59 Å². The molecular weight excluding hydrogens is 222 g/mol. The van der Waals surface area contributed by atoms with E-state index in [0.717, 1.165) is 0 Å². The minimum atomic E-state index is -0.834. The SMILES string of the molecule is COC(C)(C)CC(=O)N1CCC(C)(C(=O)O)C1. The summed E-state index contributed by atoms with van der Waals surface area (Å²) in [7, 11) is 1.57. The molecule has 5 heteroatoms. The van der Waals surface area contributed by atoms with Crippen LogP contribution in [-0.2, 0) is 14.3 Å². The van der Waals surface area contributed by atoms with E-state index in [4.69, 9.17) is 9.84 Å². The molecule has 0 radical (unpaired) electrons. The second kappa shape index (κ2) is 4.64. The van der Waals surface area contributed by atoms with E-state index < -0.39 is 17.0 Å².